The number of furan rings is 1. The summed E-state index contributed by atoms with van der Waals surface area (Å²) in [7, 11) is 0. The maximum Gasteiger partial charge on any atom is 0.253 e. The number of aromatic nitrogens is 1. The lowest BCUT2D eigenvalue weighted by molar-refractivity contribution is 0.0712. The van der Waals surface area contributed by atoms with E-state index < -0.39 is 0 Å². The van der Waals surface area contributed by atoms with Crippen LogP contribution in [0.3, 0.4) is 0 Å². The molecule has 5 nitrogen and oxygen atoms in total. The Labute approximate surface area is 136 Å². The third-order valence-electron chi connectivity index (χ3n) is 4.59. The average Bonchev–Trinajstić information content (AvgIpc) is 3.25. The van der Waals surface area contributed by atoms with Gasteiger partial charge in [-0.05, 0) is 51.8 Å². The normalized spacial score (nSPS) is 19.0. The third kappa shape index (κ3) is 3.34. The summed E-state index contributed by atoms with van der Waals surface area (Å²) >= 11 is 0. The highest BCUT2D eigenvalue weighted by Gasteiger charge is 2.25. The molecule has 23 heavy (non-hydrogen) atoms. The monoisotopic (exact) mass is 316 g/mol. The predicted molar refractivity (Wildman–Crippen MR) is 87.6 cm³/mol. The number of amides is 1. The fourth-order valence-corrected chi connectivity index (χ4v) is 3.21. The fraction of sp³-hybridized carbons (Fsp3) is 0.500. The number of hydrogen-bond donors (Lipinski definition) is 1. The van der Waals surface area contributed by atoms with E-state index in [0.29, 0.717) is 6.54 Å². The molecule has 1 aliphatic heterocycles. The van der Waals surface area contributed by atoms with Crippen molar-refractivity contribution in [2.45, 2.75) is 52.3 Å². The van der Waals surface area contributed by atoms with Crippen LogP contribution in [0.4, 0.5) is 0 Å². The summed E-state index contributed by atoms with van der Waals surface area (Å²) in [4.78, 5) is 12.6. The van der Waals surface area contributed by atoms with Crippen molar-refractivity contribution in [1.82, 2.24) is 9.88 Å². The summed E-state index contributed by atoms with van der Waals surface area (Å²) in [6.45, 7) is 7.43. The fourth-order valence-electron chi connectivity index (χ4n) is 3.21. The lowest BCUT2D eigenvalue weighted by Crippen LogP contribution is -2.41. The predicted octanol–water partition coefficient (Wildman–Crippen LogP) is 3.04. The summed E-state index contributed by atoms with van der Waals surface area (Å²) in [6, 6.07) is 5.78. The summed E-state index contributed by atoms with van der Waals surface area (Å²) < 4.78 is 13.2. The zero-order valence-corrected chi connectivity index (χ0v) is 14.0. The second-order valence-corrected chi connectivity index (χ2v) is 6.26. The highest BCUT2D eigenvalue weighted by Crippen LogP contribution is 2.19. The SMILES string of the molecule is Cc1cc(C(=O)N[C@H](C)[C@H]2CCCO2)c(C)n1Cc1ccco1. The van der Waals surface area contributed by atoms with Crippen LogP contribution < -0.4 is 5.32 Å². The molecule has 0 bridgehead atoms. The molecule has 0 radical (unpaired) electrons. The van der Waals surface area contributed by atoms with Crippen LogP contribution in [0, 0.1) is 13.8 Å². The first-order valence-corrected chi connectivity index (χ1v) is 8.18. The molecule has 1 fully saturated rings. The molecule has 0 spiro atoms. The van der Waals surface area contributed by atoms with Gasteiger partial charge < -0.3 is 19.0 Å². The second kappa shape index (κ2) is 6.62. The molecular weight excluding hydrogens is 292 g/mol. The maximum absolute atomic E-state index is 12.6. The van der Waals surface area contributed by atoms with Crippen molar-refractivity contribution in [3.05, 3.63) is 47.2 Å². The van der Waals surface area contributed by atoms with Crippen LogP contribution in [0.2, 0.25) is 0 Å². The zero-order valence-electron chi connectivity index (χ0n) is 14.0. The lowest BCUT2D eigenvalue weighted by Gasteiger charge is -2.20. The van der Waals surface area contributed by atoms with Gasteiger partial charge >= 0.3 is 0 Å². The van der Waals surface area contributed by atoms with Crippen LogP contribution in [0.5, 0.6) is 0 Å². The zero-order chi connectivity index (χ0) is 16.4. The number of carbonyl (C=O) groups is 1. The molecule has 1 saturated heterocycles. The molecule has 3 heterocycles. The Morgan fingerprint density at radius 1 is 1.48 bits per heavy atom. The van der Waals surface area contributed by atoms with Crippen LogP contribution >= 0.6 is 0 Å². The number of ether oxygens (including phenoxy) is 1. The highest BCUT2D eigenvalue weighted by molar-refractivity contribution is 5.95. The Kier molecular flexibility index (Phi) is 4.57. The van der Waals surface area contributed by atoms with Gasteiger partial charge in [0, 0.05) is 18.0 Å². The number of hydrogen-bond acceptors (Lipinski definition) is 3. The quantitative estimate of drug-likeness (QED) is 0.922. The van der Waals surface area contributed by atoms with Crippen molar-refractivity contribution >= 4 is 5.91 Å². The Hall–Kier alpha value is -2.01. The Morgan fingerprint density at radius 2 is 2.30 bits per heavy atom. The van der Waals surface area contributed by atoms with E-state index in [1.807, 2.05) is 39.0 Å². The minimum absolute atomic E-state index is 0.0260. The number of rotatable bonds is 5. The molecule has 1 N–H and O–H groups in total. The van der Waals surface area contributed by atoms with Crippen molar-refractivity contribution in [3.63, 3.8) is 0 Å². The summed E-state index contributed by atoms with van der Waals surface area (Å²) in [5.74, 6) is 0.846. The summed E-state index contributed by atoms with van der Waals surface area (Å²) in [6.07, 6.45) is 3.88. The third-order valence-corrected chi connectivity index (χ3v) is 4.59. The molecule has 2 atom stereocenters. The first kappa shape index (κ1) is 15.9. The van der Waals surface area contributed by atoms with Gasteiger partial charge in [-0.25, -0.2) is 0 Å². The van der Waals surface area contributed by atoms with Crippen molar-refractivity contribution in [3.8, 4) is 0 Å². The van der Waals surface area contributed by atoms with Crippen molar-refractivity contribution < 1.29 is 13.9 Å². The molecule has 0 aromatic carbocycles. The van der Waals surface area contributed by atoms with Crippen LogP contribution in [-0.4, -0.2) is 29.2 Å². The van der Waals surface area contributed by atoms with E-state index in [-0.39, 0.29) is 18.1 Å². The van der Waals surface area contributed by atoms with Gasteiger partial charge in [0.25, 0.3) is 5.91 Å². The van der Waals surface area contributed by atoms with Gasteiger partial charge in [-0.1, -0.05) is 0 Å². The largest absolute Gasteiger partial charge is 0.467 e. The molecule has 3 rings (SSSR count). The van der Waals surface area contributed by atoms with E-state index in [2.05, 4.69) is 9.88 Å². The number of carbonyl (C=O) groups excluding carboxylic acids is 1. The van der Waals surface area contributed by atoms with Crippen molar-refractivity contribution in [2.24, 2.45) is 0 Å². The number of nitrogens with one attached hydrogen (secondary N) is 1. The van der Waals surface area contributed by atoms with Gasteiger partial charge in [0.1, 0.15) is 5.76 Å². The topological polar surface area (TPSA) is 56.4 Å². The minimum Gasteiger partial charge on any atom is -0.467 e. The standard InChI is InChI=1S/C18H24N2O3/c1-12-10-16(14(3)20(12)11-15-6-4-8-22-15)18(21)19-13(2)17-7-5-9-23-17/h4,6,8,10,13,17H,5,7,9,11H2,1-3H3,(H,19,21)/t13-,17-/m1/s1. The van der Waals surface area contributed by atoms with E-state index >= 15 is 0 Å². The van der Waals surface area contributed by atoms with E-state index in [9.17, 15) is 4.79 Å². The van der Waals surface area contributed by atoms with Crippen LogP contribution in [0.15, 0.2) is 28.9 Å². The van der Waals surface area contributed by atoms with Crippen LogP contribution in [0.25, 0.3) is 0 Å². The molecule has 0 unspecified atom stereocenters. The minimum atomic E-state index is -0.0354. The molecule has 0 aliphatic carbocycles. The van der Waals surface area contributed by atoms with Crippen LogP contribution in [0.1, 0.15) is 47.3 Å². The first-order chi connectivity index (χ1) is 11.1. The van der Waals surface area contributed by atoms with E-state index in [1.54, 1.807) is 6.26 Å². The molecule has 2 aromatic rings. The summed E-state index contributed by atoms with van der Waals surface area (Å²) in [5.41, 5.74) is 2.73. The van der Waals surface area contributed by atoms with E-state index in [0.717, 1.165) is 42.2 Å². The van der Waals surface area contributed by atoms with Crippen LogP contribution in [-0.2, 0) is 11.3 Å². The van der Waals surface area contributed by atoms with Gasteiger partial charge in [0.2, 0.25) is 0 Å². The van der Waals surface area contributed by atoms with Crippen molar-refractivity contribution in [1.29, 1.82) is 0 Å². The molecular formula is C18H24N2O3. The maximum atomic E-state index is 12.6. The van der Waals surface area contributed by atoms with E-state index in [4.69, 9.17) is 9.15 Å². The number of nitrogens with zero attached hydrogens (tertiary/aromatic N) is 1. The van der Waals surface area contributed by atoms with Crippen molar-refractivity contribution in [2.75, 3.05) is 6.61 Å². The molecule has 124 valence electrons. The lowest BCUT2D eigenvalue weighted by atomic mass is 10.1. The second-order valence-electron chi connectivity index (χ2n) is 6.26. The first-order valence-electron chi connectivity index (χ1n) is 8.18. The Bertz CT molecular complexity index is 667. The van der Waals surface area contributed by atoms with E-state index in [1.165, 1.54) is 0 Å². The smallest absolute Gasteiger partial charge is 0.253 e. The molecule has 2 aromatic heterocycles. The Morgan fingerprint density at radius 3 is 2.96 bits per heavy atom. The Balaban J connectivity index is 1.73. The highest BCUT2D eigenvalue weighted by atomic mass is 16.5. The summed E-state index contributed by atoms with van der Waals surface area (Å²) in [5, 5.41) is 3.08. The van der Waals surface area contributed by atoms with Gasteiger partial charge in [0.15, 0.2) is 0 Å². The number of aryl methyl sites for hydroxylation is 1. The van der Waals surface area contributed by atoms with Gasteiger partial charge in [-0.15, -0.1) is 0 Å². The molecule has 1 amide bonds. The van der Waals surface area contributed by atoms with Gasteiger partial charge in [-0.2, -0.15) is 0 Å². The molecule has 1 aliphatic rings. The molecule has 5 heteroatoms. The van der Waals surface area contributed by atoms with Gasteiger partial charge in [0.05, 0.1) is 30.5 Å². The molecule has 0 saturated carbocycles. The van der Waals surface area contributed by atoms with Gasteiger partial charge in [-0.3, -0.25) is 4.79 Å². The average molecular weight is 316 g/mol.